The van der Waals surface area contributed by atoms with Gasteiger partial charge in [0.05, 0.1) is 42.3 Å². The molecule has 9 N–H and O–H groups in total. The highest BCUT2D eigenvalue weighted by atomic mass is 31.2. The number of nitrogens with zero attached hydrogens (tertiary/aromatic N) is 3. The number of ether oxygens (including phenoxy) is 6. The highest BCUT2D eigenvalue weighted by Crippen LogP contribution is 2.58. The van der Waals surface area contributed by atoms with Crippen LogP contribution < -0.4 is 25.7 Å². The maximum Gasteiger partial charge on any atom is 0.360 e. The number of fused-ring (bicyclic) bond motifs is 14. The van der Waals surface area contributed by atoms with Gasteiger partial charge in [0.2, 0.25) is 16.9 Å². The lowest BCUT2D eigenvalue weighted by molar-refractivity contribution is -0.165. The minimum absolute atomic E-state index is 0.00918. The second-order valence-electron chi connectivity index (χ2n) is 24.9. The number of piperazine rings is 1. The monoisotopic (exact) mass is 1360 g/mol. The molecule has 5 bridgehead atoms. The number of carbonyl (C=O) groups is 6. The van der Waals surface area contributed by atoms with E-state index in [-0.39, 0.29) is 56.1 Å². The SMILES string of the molecule is CO[C@H]1/C=C/O[C@@]2(C)Oc3c(C)c(O)c4c(=O)c(c5oc6cc(N7CCN(CC(C)C)CC7)cc(O)c6nc-5c4c3C2=O)NC(=O)/C(C)=C\C=C\[C@H](C)[C@H](OC(=O)Cc2ccccc2COC(=O)CCC(=O)NC(P(=O)(O)O)P(=O)(O)O)[C@@H](C)[C@@H](O)[C@@H](C)[C@H](OC(C)=O)[C@@H]1C. The maximum atomic E-state index is 15.2. The summed E-state index contributed by atoms with van der Waals surface area (Å²) in [6.07, 6.45) is 0.511. The molecule has 0 saturated carbocycles. The lowest BCUT2D eigenvalue weighted by atomic mass is 9.78. The summed E-state index contributed by atoms with van der Waals surface area (Å²) in [4.78, 5) is 144. The maximum absolute atomic E-state index is 15.2. The summed E-state index contributed by atoms with van der Waals surface area (Å²) in [6, 6.07) is 9.48. The Bertz CT molecular complexity index is 3990. The Morgan fingerprint density at radius 2 is 1.52 bits per heavy atom. The van der Waals surface area contributed by atoms with Crippen molar-refractivity contribution < 1.29 is 106 Å². The van der Waals surface area contributed by atoms with E-state index in [9.17, 15) is 68.0 Å². The number of nitrogens with one attached hydrogen (secondary N) is 2. The predicted molar refractivity (Wildman–Crippen MR) is 345 cm³/mol. The number of methoxy groups -OCH3 is 1. The highest BCUT2D eigenvalue weighted by Gasteiger charge is 2.51. The summed E-state index contributed by atoms with van der Waals surface area (Å²) in [7, 11) is -9.65. The number of esters is 3. The van der Waals surface area contributed by atoms with Crippen molar-refractivity contribution in [2.75, 3.05) is 50.1 Å². The van der Waals surface area contributed by atoms with Crippen LogP contribution in [0.3, 0.4) is 0 Å². The average molecular weight is 1360 g/mol. The zero-order valence-corrected chi connectivity index (χ0v) is 56.2. The van der Waals surface area contributed by atoms with E-state index < -0.39 is 158 Å². The van der Waals surface area contributed by atoms with Crippen LogP contribution in [-0.2, 0) is 69.8 Å². The number of allylic oxidation sites excluding steroid dienone is 2. The predicted octanol–water partition coefficient (Wildman–Crippen LogP) is 6.80. The number of amides is 2. The first kappa shape index (κ1) is 72.8. The molecule has 9 atom stereocenters. The van der Waals surface area contributed by atoms with Gasteiger partial charge in [-0.05, 0) is 37.0 Å². The zero-order valence-electron chi connectivity index (χ0n) is 54.4. The largest absolute Gasteiger partial charge is 0.507 e. The Balaban J connectivity index is 1.16. The quantitative estimate of drug-likeness (QED) is 0.0161. The fourth-order valence-corrected chi connectivity index (χ4v) is 14.4. The van der Waals surface area contributed by atoms with Crippen LogP contribution in [-0.4, -0.2) is 156 Å². The molecule has 0 spiro atoms. The van der Waals surface area contributed by atoms with Crippen LogP contribution in [0.1, 0.15) is 102 Å². The number of ketones is 1. The molecule has 1 fully saturated rings. The minimum Gasteiger partial charge on any atom is -0.507 e. The van der Waals surface area contributed by atoms with Crippen LogP contribution in [0.15, 0.2) is 81.7 Å². The van der Waals surface area contributed by atoms with Crippen LogP contribution in [0.2, 0.25) is 0 Å². The van der Waals surface area contributed by atoms with E-state index in [1.54, 1.807) is 69.4 Å². The Hall–Kier alpha value is -8.04. The number of hydrogen-bond acceptors (Lipinski definition) is 22. The third-order valence-electron chi connectivity index (χ3n) is 17.3. The molecule has 5 aliphatic heterocycles. The number of aliphatic hydroxyl groups excluding tert-OH is 1. The number of carbonyl (C=O) groups excluding carboxylic acids is 6. The van der Waals surface area contributed by atoms with E-state index in [2.05, 4.69) is 29.0 Å². The van der Waals surface area contributed by atoms with E-state index in [0.29, 0.717) is 35.8 Å². The third-order valence-corrected chi connectivity index (χ3v) is 20.7. The summed E-state index contributed by atoms with van der Waals surface area (Å²) < 4.78 is 65.7. The Labute approximate surface area is 546 Å². The summed E-state index contributed by atoms with van der Waals surface area (Å²) >= 11 is 0. The fourth-order valence-electron chi connectivity index (χ4n) is 12.2. The van der Waals surface area contributed by atoms with E-state index in [4.69, 9.17) is 37.8 Å². The number of benzene rings is 4. The normalized spacial score (nSPS) is 24.7. The molecule has 3 aromatic carbocycles. The van der Waals surface area contributed by atoms with E-state index in [1.165, 1.54) is 59.1 Å². The molecule has 6 aliphatic rings. The first-order valence-corrected chi connectivity index (χ1v) is 34.2. The highest BCUT2D eigenvalue weighted by molar-refractivity contribution is 7.70. The second kappa shape index (κ2) is 29.5. The molecule has 95 heavy (non-hydrogen) atoms. The first-order valence-electron chi connectivity index (χ1n) is 30.8. The van der Waals surface area contributed by atoms with Crippen LogP contribution in [0.5, 0.6) is 17.2 Å². The van der Waals surface area contributed by atoms with Gasteiger partial charge in [0.15, 0.2) is 11.3 Å². The van der Waals surface area contributed by atoms with Gasteiger partial charge in [-0.1, -0.05) is 84.0 Å². The van der Waals surface area contributed by atoms with Crippen LogP contribution in [0.4, 0.5) is 11.4 Å². The van der Waals surface area contributed by atoms with E-state index in [1.807, 2.05) is 0 Å². The van der Waals surface area contributed by atoms with Crippen molar-refractivity contribution in [3.63, 3.8) is 0 Å². The number of rotatable bonds is 16. The standard InChI is InChI=1S/C65H81N5O23P2/c1-32(2)30-69-22-24-70(25-23-69)42-28-43(72)52-45(29-42)91-61-53(67-52)49-50-56(77)38(8)60-51(49)62(79)65(10,93-60)89-26-21-44(87-11)35(5)59(90-39(9)71)37(7)55(76)36(6)58(33(3)15-14-16-34(4)63(80)68-54(61)57(50)78)92-48(75)27-40-17-12-13-18-41(40)31-88-47(74)20-19-46(73)66-64(94(81,82)83)95(84,85)86/h12-18,21,26,28-29,32-33,35-37,44,55,58-59,64,72,76-77H,19-20,22-25,27,30-31H2,1-11H3,(H,66,73)(H,68,80)(H2,81,82,83)(H2,84,85,86)/b15-14+,26-21+,34-16-/t33-,35+,36-,37+,44-,55+,58-,59+,65-/m0/s1. The molecule has 28 nitrogen and oxygen atoms in total. The van der Waals surface area contributed by atoms with E-state index >= 15 is 9.59 Å². The average Bonchev–Trinajstić information content (AvgIpc) is 1.66. The second-order valence-corrected chi connectivity index (χ2v) is 28.7. The molecule has 9 rings (SSSR count). The van der Waals surface area contributed by atoms with Crippen LogP contribution in [0, 0.1) is 36.5 Å². The number of aromatic hydroxyl groups is 2. The molecule has 0 aromatic heterocycles. The van der Waals surface area contributed by atoms with Crippen molar-refractivity contribution in [2.45, 2.75) is 131 Å². The Kier molecular flexibility index (Phi) is 22.6. The summed E-state index contributed by atoms with van der Waals surface area (Å²) in [5.74, 6) is -12.1. The number of aliphatic hydroxyl groups is 1. The van der Waals surface area contributed by atoms with Gasteiger partial charge in [0, 0.05) is 118 Å². The van der Waals surface area contributed by atoms with Gasteiger partial charge in [-0.3, -0.25) is 47.6 Å². The smallest absolute Gasteiger partial charge is 0.360 e. The molecule has 1 aliphatic carbocycles. The number of phenolic OH excluding ortho intramolecular Hbond substituents is 2. The van der Waals surface area contributed by atoms with Gasteiger partial charge in [0.25, 0.3) is 11.7 Å². The topological polar surface area (TPSA) is 407 Å². The molecule has 0 unspecified atom stereocenters. The molecule has 5 heterocycles. The Morgan fingerprint density at radius 1 is 0.863 bits per heavy atom. The molecule has 2 amide bonds. The summed E-state index contributed by atoms with van der Waals surface area (Å²) in [5, 5.41) is 39.8. The van der Waals surface area contributed by atoms with Gasteiger partial charge in [0.1, 0.15) is 53.0 Å². The molecule has 1 saturated heterocycles. The van der Waals surface area contributed by atoms with Crippen molar-refractivity contribution in [2.24, 2.45) is 29.6 Å². The number of phenols is 2. The summed E-state index contributed by atoms with van der Waals surface area (Å²) in [5.41, 5.74) is -3.58. The zero-order chi connectivity index (χ0) is 69.9. The van der Waals surface area contributed by atoms with Crippen molar-refractivity contribution >= 4 is 83.9 Å². The lowest BCUT2D eigenvalue weighted by Gasteiger charge is -2.39. The van der Waals surface area contributed by atoms with Crippen molar-refractivity contribution in [1.82, 2.24) is 15.2 Å². The molecule has 514 valence electrons. The molecular formula is C65H81N5O23P2. The van der Waals surface area contributed by atoms with Crippen molar-refractivity contribution in [1.29, 1.82) is 0 Å². The van der Waals surface area contributed by atoms with Gasteiger partial charge in [-0.25, -0.2) is 4.98 Å². The number of aromatic nitrogens is 1. The lowest BCUT2D eigenvalue weighted by Crippen LogP contribution is -2.47. The van der Waals surface area contributed by atoms with E-state index in [0.717, 1.165) is 25.9 Å². The molecule has 30 heteroatoms. The van der Waals surface area contributed by atoms with Gasteiger partial charge in [-0.15, -0.1) is 0 Å². The first-order chi connectivity index (χ1) is 44.5. The van der Waals surface area contributed by atoms with Crippen LogP contribution in [0.25, 0.3) is 33.3 Å². The number of Topliss-reactive ketones (excluding diaryl/α,β-unsaturated/α-hetero) is 1. The molecular weight excluding hydrogens is 1280 g/mol. The minimum atomic E-state index is -5.51. The molecule has 3 aromatic rings. The summed E-state index contributed by atoms with van der Waals surface area (Å²) in [6.45, 7) is 19.5. The third kappa shape index (κ3) is 16.3. The van der Waals surface area contributed by atoms with Crippen molar-refractivity contribution in [3.8, 4) is 28.7 Å². The van der Waals surface area contributed by atoms with Crippen LogP contribution >= 0.6 is 15.2 Å². The number of hydrogen-bond donors (Lipinski definition) is 9. The fraction of sp³-hybridized carbons (Fsp3) is 0.477. The van der Waals surface area contributed by atoms with Gasteiger partial charge < -0.3 is 83.3 Å². The van der Waals surface area contributed by atoms with Gasteiger partial charge >= 0.3 is 38.9 Å². The number of anilines is 2. The van der Waals surface area contributed by atoms with Gasteiger partial charge in [-0.2, -0.15) is 0 Å². The van der Waals surface area contributed by atoms with Crippen molar-refractivity contribution in [3.05, 3.63) is 105 Å². The Morgan fingerprint density at radius 3 is 2.15 bits per heavy atom. The molecule has 0 radical (unpaired) electrons.